The van der Waals surface area contributed by atoms with Crippen molar-refractivity contribution >= 4 is 16.9 Å². The van der Waals surface area contributed by atoms with Crippen molar-refractivity contribution in [3.63, 3.8) is 0 Å². The lowest BCUT2D eigenvalue weighted by molar-refractivity contribution is 0.572. The molecule has 102 valence electrons. The Morgan fingerprint density at radius 2 is 2.10 bits per heavy atom. The molecule has 0 saturated heterocycles. The first-order valence-corrected chi connectivity index (χ1v) is 6.06. The number of hydrogen-bond acceptors (Lipinski definition) is 4. The molecule has 1 aromatic carbocycles. The fraction of sp³-hybridized carbons (Fsp3) is 0.154. The van der Waals surface area contributed by atoms with Crippen molar-refractivity contribution in [3.8, 4) is 0 Å². The van der Waals surface area contributed by atoms with Crippen LogP contribution in [0.2, 0.25) is 0 Å². The lowest BCUT2D eigenvalue weighted by Crippen LogP contribution is -2.08. The second-order valence-electron chi connectivity index (χ2n) is 4.27. The predicted octanol–water partition coefficient (Wildman–Crippen LogP) is 2.29. The molecule has 5 nitrogen and oxygen atoms in total. The molecule has 2 N–H and O–H groups in total. The van der Waals surface area contributed by atoms with Gasteiger partial charge in [0.2, 0.25) is 0 Å². The summed E-state index contributed by atoms with van der Waals surface area (Å²) in [4.78, 5) is 8.13. The third-order valence-electron chi connectivity index (χ3n) is 2.95. The maximum absolute atomic E-state index is 13.5. The molecule has 3 rings (SSSR count). The molecule has 0 aliphatic carbocycles. The standard InChI is InChI=1S/C13H11F2N5/c14-9-2-1-8(11(15)5-9)3-4-16-12-10-6-19-20-13(10)18-7-17-12/h1-2,5-7H,3-4H2,(H2,16,17,18,19,20). The van der Waals surface area contributed by atoms with Gasteiger partial charge in [-0.15, -0.1) is 0 Å². The van der Waals surface area contributed by atoms with Gasteiger partial charge in [-0.05, 0) is 18.1 Å². The lowest BCUT2D eigenvalue weighted by atomic mass is 10.1. The van der Waals surface area contributed by atoms with Gasteiger partial charge in [-0.3, -0.25) is 5.10 Å². The fourth-order valence-electron chi connectivity index (χ4n) is 1.95. The van der Waals surface area contributed by atoms with Crippen molar-refractivity contribution in [2.45, 2.75) is 6.42 Å². The normalized spacial score (nSPS) is 10.9. The maximum atomic E-state index is 13.5. The summed E-state index contributed by atoms with van der Waals surface area (Å²) in [5, 5.41) is 10.5. The van der Waals surface area contributed by atoms with Gasteiger partial charge < -0.3 is 5.32 Å². The Bertz CT molecular complexity index is 740. The van der Waals surface area contributed by atoms with E-state index in [0.717, 1.165) is 11.5 Å². The van der Waals surface area contributed by atoms with Crippen LogP contribution in [0.25, 0.3) is 11.0 Å². The number of fused-ring (bicyclic) bond motifs is 1. The molecule has 0 unspecified atom stereocenters. The third-order valence-corrected chi connectivity index (χ3v) is 2.95. The summed E-state index contributed by atoms with van der Waals surface area (Å²) in [6.45, 7) is 0.472. The number of halogens is 2. The Morgan fingerprint density at radius 1 is 1.20 bits per heavy atom. The Hall–Kier alpha value is -2.57. The van der Waals surface area contributed by atoms with Crippen molar-refractivity contribution in [1.29, 1.82) is 0 Å². The van der Waals surface area contributed by atoms with Gasteiger partial charge in [0.25, 0.3) is 0 Å². The van der Waals surface area contributed by atoms with Gasteiger partial charge in [0.1, 0.15) is 23.8 Å². The number of aromatic nitrogens is 4. The van der Waals surface area contributed by atoms with E-state index in [-0.39, 0.29) is 0 Å². The molecule has 0 amide bonds. The highest BCUT2D eigenvalue weighted by atomic mass is 19.1. The number of H-pyrrole nitrogens is 1. The molecule has 3 aromatic rings. The van der Waals surface area contributed by atoms with E-state index >= 15 is 0 Å². The van der Waals surface area contributed by atoms with E-state index in [2.05, 4.69) is 25.5 Å². The summed E-state index contributed by atoms with van der Waals surface area (Å²) in [6, 6.07) is 3.57. The van der Waals surface area contributed by atoms with Crippen LogP contribution in [0.4, 0.5) is 14.6 Å². The van der Waals surface area contributed by atoms with Crippen LogP contribution < -0.4 is 5.32 Å². The minimum atomic E-state index is -0.574. The van der Waals surface area contributed by atoms with Crippen LogP contribution in [0.1, 0.15) is 5.56 Å². The van der Waals surface area contributed by atoms with Crippen molar-refractivity contribution in [3.05, 3.63) is 47.9 Å². The molecular weight excluding hydrogens is 264 g/mol. The van der Waals surface area contributed by atoms with Crippen molar-refractivity contribution < 1.29 is 8.78 Å². The monoisotopic (exact) mass is 275 g/mol. The van der Waals surface area contributed by atoms with Crippen molar-refractivity contribution in [2.75, 3.05) is 11.9 Å². The van der Waals surface area contributed by atoms with Crippen molar-refractivity contribution in [2.24, 2.45) is 0 Å². The number of aromatic amines is 1. The third kappa shape index (κ3) is 2.42. The quantitative estimate of drug-likeness (QED) is 0.766. The Morgan fingerprint density at radius 3 is 2.95 bits per heavy atom. The predicted molar refractivity (Wildman–Crippen MR) is 70.2 cm³/mol. The molecule has 0 radical (unpaired) electrons. The number of benzene rings is 1. The van der Waals surface area contributed by atoms with Gasteiger partial charge in [-0.1, -0.05) is 6.07 Å². The van der Waals surface area contributed by atoms with Crippen LogP contribution in [0.3, 0.4) is 0 Å². The van der Waals surface area contributed by atoms with E-state index < -0.39 is 11.6 Å². The number of nitrogens with zero attached hydrogens (tertiary/aromatic N) is 3. The van der Waals surface area contributed by atoms with Gasteiger partial charge in [0, 0.05) is 12.6 Å². The second-order valence-corrected chi connectivity index (χ2v) is 4.27. The molecule has 0 fully saturated rings. The number of anilines is 1. The molecule has 0 spiro atoms. The van der Waals surface area contributed by atoms with Gasteiger partial charge in [0.05, 0.1) is 11.6 Å². The number of rotatable bonds is 4. The summed E-state index contributed by atoms with van der Waals surface area (Å²) in [7, 11) is 0. The molecule has 0 aliphatic rings. The highest BCUT2D eigenvalue weighted by molar-refractivity contribution is 5.85. The summed E-state index contributed by atoms with van der Waals surface area (Å²) in [6.07, 6.45) is 3.47. The van der Waals surface area contributed by atoms with Crippen molar-refractivity contribution in [1.82, 2.24) is 20.2 Å². The first-order chi connectivity index (χ1) is 9.74. The molecule has 0 atom stereocenters. The van der Waals surface area contributed by atoms with Crippen LogP contribution in [0.5, 0.6) is 0 Å². The fourth-order valence-corrected chi connectivity index (χ4v) is 1.95. The SMILES string of the molecule is Fc1ccc(CCNc2ncnc3[nH]ncc23)c(F)c1. The Balaban J connectivity index is 1.69. The summed E-state index contributed by atoms with van der Waals surface area (Å²) in [5.74, 6) is -0.482. The van der Waals surface area contributed by atoms with Crippen LogP contribution in [0.15, 0.2) is 30.7 Å². The van der Waals surface area contributed by atoms with E-state index in [1.54, 1.807) is 6.20 Å². The second kappa shape index (κ2) is 5.20. The maximum Gasteiger partial charge on any atom is 0.160 e. The van der Waals surface area contributed by atoms with Gasteiger partial charge in [0.15, 0.2) is 5.65 Å². The Labute approximate surface area is 113 Å². The van der Waals surface area contributed by atoms with Crippen LogP contribution in [-0.4, -0.2) is 26.7 Å². The summed E-state index contributed by atoms with van der Waals surface area (Å²) < 4.78 is 26.3. The zero-order valence-electron chi connectivity index (χ0n) is 10.4. The van der Waals surface area contributed by atoms with E-state index in [1.165, 1.54) is 18.5 Å². The number of nitrogens with one attached hydrogen (secondary N) is 2. The van der Waals surface area contributed by atoms with Gasteiger partial charge >= 0.3 is 0 Å². The topological polar surface area (TPSA) is 66.5 Å². The minimum absolute atomic E-state index is 0.426. The molecule has 0 saturated carbocycles. The van der Waals surface area contributed by atoms with E-state index in [4.69, 9.17) is 0 Å². The highest BCUT2D eigenvalue weighted by Gasteiger charge is 2.06. The Kier molecular flexibility index (Phi) is 3.24. The molecular formula is C13H11F2N5. The average Bonchev–Trinajstić information content (AvgIpc) is 2.90. The van der Waals surface area contributed by atoms with Gasteiger partial charge in [-0.2, -0.15) is 5.10 Å². The van der Waals surface area contributed by atoms with E-state index in [9.17, 15) is 8.78 Å². The van der Waals surface area contributed by atoms with Crippen LogP contribution >= 0.6 is 0 Å². The first-order valence-electron chi connectivity index (χ1n) is 6.06. The summed E-state index contributed by atoms with van der Waals surface area (Å²) >= 11 is 0. The van der Waals surface area contributed by atoms with E-state index in [0.29, 0.717) is 30.0 Å². The zero-order chi connectivity index (χ0) is 13.9. The summed E-state index contributed by atoms with van der Waals surface area (Å²) in [5.41, 5.74) is 1.09. The molecule has 2 aromatic heterocycles. The molecule has 7 heteroatoms. The van der Waals surface area contributed by atoms with E-state index in [1.807, 2.05) is 0 Å². The minimum Gasteiger partial charge on any atom is -0.369 e. The number of hydrogen-bond donors (Lipinski definition) is 2. The largest absolute Gasteiger partial charge is 0.369 e. The lowest BCUT2D eigenvalue weighted by Gasteiger charge is -2.07. The van der Waals surface area contributed by atoms with Gasteiger partial charge in [-0.25, -0.2) is 18.7 Å². The zero-order valence-corrected chi connectivity index (χ0v) is 10.4. The smallest absolute Gasteiger partial charge is 0.160 e. The van der Waals surface area contributed by atoms with Crippen LogP contribution in [-0.2, 0) is 6.42 Å². The highest BCUT2D eigenvalue weighted by Crippen LogP contribution is 2.16. The average molecular weight is 275 g/mol. The first kappa shape index (κ1) is 12.5. The molecule has 0 bridgehead atoms. The molecule has 2 heterocycles. The molecule has 0 aliphatic heterocycles. The van der Waals surface area contributed by atoms with Crippen LogP contribution in [0, 0.1) is 11.6 Å². The molecule has 20 heavy (non-hydrogen) atoms.